The topological polar surface area (TPSA) is 103 Å². The number of aliphatic carboxylic acids is 1. The van der Waals surface area contributed by atoms with Gasteiger partial charge in [0.05, 0.1) is 20.6 Å². The molecule has 9 nitrogen and oxygen atoms in total. The molecule has 3 aromatic rings. The van der Waals surface area contributed by atoms with Gasteiger partial charge in [-0.1, -0.05) is 18.2 Å². The van der Waals surface area contributed by atoms with Crippen LogP contribution in [0, 0.1) is 13.8 Å². The number of carboxylic acids is 1. The molecule has 1 unspecified atom stereocenters. The summed E-state index contributed by atoms with van der Waals surface area (Å²) in [6, 6.07) is 11.0. The number of hydrogen-bond acceptors (Lipinski definition) is 6. The van der Waals surface area contributed by atoms with Gasteiger partial charge in [-0.05, 0) is 28.5 Å². The number of imidazole rings is 1. The Morgan fingerprint density at radius 2 is 1.91 bits per heavy atom. The quantitative estimate of drug-likeness (QED) is 0.398. The fourth-order valence-electron chi connectivity index (χ4n) is 4.27. The summed E-state index contributed by atoms with van der Waals surface area (Å²) in [6.07, 6.45) is -0.256. The number of methoxy groups -OCH3 is 2. The van der Waals surface area contributed by atoms with E-state index in [9.17, 15) is 15.1 Å². The van der Waals surface area contributed by atoms with Gasteiger partial charge in [-0.3, -0.25) is 4.79 Å². The second-order valence-corrected chi connectivity index (χ2v) is 7.85. The molecule has 0 radical (unpaired) electrons. The lowest BCUT2D eigenvalue weighted by atomic mass is 9.93. The number of carbonyl (C=O) groups is 1. The second-order valence-electron chi connectivity index (χ2n) is 7.85. The lowest BCUT2D eigenvalue weighted by molar-refractivity contribution is -0.703. The van der Waals surface area contributed by atoms with Crippen LogP contribution in [0.2, 0.25) is 0 Å². The molecular weight excluding hydrogens is 428 g/mol. The zero-order valence-electron chi connectivity index (χ0n) is 19.0. The van der Waals surface area contributed by atoms with Crippen molar-refractivity contribution in [2.24, 2.45) is 0 Å². The Bertz CT molecular complexity index is 1200. The van der Waals surface area contributed by atoms with Gasteiger partial charge in [0.2, 0.25) is 6.79 Å². The molecule has 0 spiro atoms. The van der Waals surface area contributed by atoms with Crippen LogP contribution in [0.15, 0.2) is 36.4 Å². The zero-order valence-corrected chi connectivity index (χ0v) is 19.0. The van der Waals surface area contributed by atoms with Crippen LogP contribution < -0.4 is 23.5 Å². The van der Waals surface area contributed by atoms with Crippen molar-refractivity contribution in [3.8, 4) is 23.0 Å². The smallest absolute Gasteiger partial charge is 0.305 e. The number of aromatic nitrogens is 2. The highest BCUT2D eigenvalue weighted by atomic mass is 16.7. The van der Waals surface area contributed by atoms with E-state index in [0.717, 1.165) is 16.0 Å². The van der Waals surface area contributed by atoms with Crippen molar-refractivity contribution in [2.75, 3.05) is 21.0 Å². The van der Waals surface area contributed by atoms with Crippen LogP contribution in [0.4, 0.5) is 0 Å². The monoisotopic (exact) mass is 455 g/mol. The summed E-state index contributed by atoms with van der Waals surface area (Å²) in [4.78, 5) is 11.9. The van der Waals surface area contributed by atoms with Gasteiger partial charge in [-0.2, -0.15) is 0 Å². The van der Waals surface area contributed by atoms with Crippen molar-refractivity contribution in [1.29, 1.82) is 0 Å². The number of para-hydroxylation sites is 1. The maximum Gasteiger partial charge on any atom is 0.305 e. The summed E-state index contributed by atoms with van der Waals surface area (Å²) in [6.45, 7) is 4.25. The van der Waals surface area contributed by atoms with E-state index in [-0.39, 0.29) is 13.2 Å². The Hall–Kier alpha value is -3.88. The number of ether oxygens (including phenoxy) is 4. The third-order valence-electron chi connectivity index (χ3n) is 6.02. The maximum absolute atomic E-state index is 11.9. The van der Waals surface area contributed by atoms with E-state index >= 15 is 0 Å². The Labute approximate surface area is 191 Å². The number of benzene rings is 2. The Kier molecular flexibility index (Phi) is 6.04. The highest BCUT2D eigenvalue weighted by Gasteiger charge is 2.37. The van der Waals surface area contributed by atoms with Gasteiger partial charge in [-0.25, -0.2) is 4.57 Å². The van der Waals surface area contributed by atoms with Crippen LogP contribution in [-0.2, 0) is 11.3 Å². The van der Waals surface area contributed by atoms with Crippen LogP contribution in [0.5, 0.6) is 23.0 Å². The lowest BCUT2D eigenvalue weighted by Crippen LogP contribution is -2.42. The minimum Gasteiger partial charge on any atom is -0.493 e. The predicted molar refractivity (Wildman–Crippen MR) is 117 cm³/mol. The van der Waals surface area contributed by atoms with E-state index in [2.05, 4.69) is 0 Å². The highest BCUT2D eigenvalue weighted by molar-refractivity contribution is 5.69. The summed E-state index contributed by atoms with van der Waals surface area (Å²) in [5, 5.41) is 20.8. The Balaban J connectivity index is 1.87. The lowest BCUT2D eigenvalue weighted by Gasteiger charge is -2.18. The van der Waals surface area contributed by atoms with E-state index in [1.54, 1.807) is 25.1 Å². The average molecular weight is 455 g/mol. The molecule has 9 heteroatoms. The number of hydrogen-bond donors (Lipinski definition) is 2. The van der Waals surface area contributed by atoms with Crippen molar-refractivity contribution in [2.45, 2.75) is 32.7 Å². The molecule has 0 amide bonds. The van der Waals surface area contributed by atoms with Gasteiger partial charge in [0.15, 0.2) is 28.7 Å². The first-order chi connectivity index (χ1) is 15.8. The van der Waals surface area contributed by atoms with Gasteiger partial charge in [0.25, 0.3) is 0 Å². The van der Waals surface area contributed by atoms with Gasteiger partial charge in [-0.15, -0.1) is 0 Å². The van der Waals surface area contributed by atoms with Crippen molar-refractivity contribution < 1.29 is 38.6 Å². The zero-order chi connectivity index (χ0) is 23.7. The molecule has 1 aromatic heterocycles. The molecule has 0 saturated heterocycles. The normalized spacial score (nSPS) is 13.1. The van der Waals surface area contributed by atoms with Crippen LogP contribution in [-0.4, -0.2) is 42.0 Å². The molecular formula is C24H27N2O7+. The molecule has 174 valence electrons. The largest absolute Gasteiger partial charge is 0.493 e. The summed E-state index contributed by atoms with van der Waals surface area (Å²) in [5.41, 5.74) is 2.95. The molecule has 0 fully saturated rings. The Morgan fingerprint density at radius 1 is 1.15 bits per heavy atom. The van der Waals surface area contributed by atoms with Crippen molar-refractivity contribution in [3.63, 3.8) is 0 Å². The van der Waals surface area contributed by atoms with Crippen LogP contribution in [0.3, 0.4) is 0 Å². The third kappa shape index (κ3) is 4.02. The van der Waals surface area contributed by atoms with Crippen molar-refractivity contribution in [3.05, 3.63) is 64.7 Å². The minimum absolute atomic E-state index is 0.179. The van der Waals surface area contributed by atoms with Gasteiger partial charge >= 0.3 is 11.8 Å². The summed E-state index contributed by atoms with van der Waals surface area (Å²) in [5.74, 6) is 0.964. The minimum atomic E-state index is -1.00. The van der Waals surface area contributed by atoms with E-state index < -0.39 is 11.9 Å². The van der Waals surface area contributed by atoms with Crippen LogP contribution in [0.1, 0.15) is 40.7 Å². The van der Waals surface area contributed by atoms with E-state index in [1.165, 1.54) is 14.2 Å². The Morgan fingerprint density at radius 3 is 2.61 bits per heavy atom. The first kappa shape index (κ1) is 22.3. The summed E-state index contributed by atoms with van der Waals surface area (Å²) >= 11 is 0. The van der Waals surface area contributed by atoms with Gasteiger partial charge < -0.3 is 29.3 Å². The second kappa shape index (κ2) is 8.93. The number of rotatable bonds is 8. The summed E-state index contributed by atoms with van der Waals surface area (Å²) < 4.78 is 24.9. The average Bonchev–Trinajstić information content (AvgIpc) is 3.35. The molecule has 1 aliphatic rings. The number of carboxylic acid groups (broad SMARTS) is 1. The van der Waals surface area contributed by atoms with Gasteiger partial charge in [0, 0.05) is 19.4 Å². The van der Waals surface area contributed by atoms with Crippen LogP contribution in [0.25, 0.3) is 0 Å². The molecule has 0 bridgehead atoms. The third-order valence-corrected chi connectivity index (χ3v) is 6.02. The molecule has 4 rings (SSSR count). The molecule has 2 heterocycles. The highest BCUT2D eigenvalue weighted by Crippen LogP contribution is 2.40. The first-order valence-electron chi connectivity index (χ1n) is 10.5. The molecule has 2 N–H and O–H groups in total. The molecule has 1 atom stereocenters. The van der Waals surface area contributed by atoms with Crippen molar-refractivity contribution in [1.82, 2.24) is 4.73 Å². The van der Waals surface area contributed by atoms with E-state index in [0.29, 0.717) is 46.6 Å². The SMILES string of the molecule is COc1cccc(C(CC(=O)O)c2n(O)c(C)c(C)[n+]2Cc2ccc3c(c2)OCO3)c1OC. The molecule has 0 aliphatic carbocycles. The number of fused-ring (bicyclic) bond motifs is 1. The first-order valence-corrected chi connectivity index (χ1v) is 10.5. The number of nitrogens with zero attached hydrogens (tertiary/aromatic N) is 2. The van der Waals surface area contributed by atoms with E-state index in [1.807, 2.05) is 29.7 Å². The molecule has 0 saturated carbocycles. The predicted octanol–water partition coefficient (Wildman–Crippen LogP) is 3.03. The van der Waals surface area contributed by atoms with E-state index in [4.69, 9.17) is 18.9 Å². The molecule has 2 aromatic carbocycles. The summed E-state index contributed by atoms with van der Waals surface area (Å²) in [7, 11) is 3.03. The van der Waals surface area contributed by atoms with Crippen LogP contribution >= 0.6 is 0 Å². The van der Waals surface area contributed by atoms with Crippen molar-refractivity contribution >= 4 is 5.97 Å². The molecule has 1 aliphatic heterocycles. The standard InChI is InChI=1S/C24H26N2O7/c1-14-15(2)26(29)24(25(14)12-16-8-9-19-21(10-16)33-13-32-19)18(11-22(27)28)17-6-5-7-20(30-3)23(17)31-4/h5-10,18H,11-13H2,1-4H3,(H-,27,28,29)/p+1. The van der Waals surface area contributed by atoms with Gasteiger partial charge in [0.1, 0.15) is 18.2 Å². The molecule has 33 heavy (non-hydrogen) atoms. The fourth-order valence-corrected chi connectivity index (χ4v) is 4.27. The fraction of sp³-hybridized carbons (Fsp3) is 0.333. The maximum atomic E-state index is 11.9.